The van der Waals surface area contributed by atoms with Gasteiger partial charge in [0.25, 0.3) is 0 Å². The predicted molar refractivity (Wildman–Crippen MR) is 93.1 cm³/mol. The summed E-state index contributed by atoms with van der Waals surface area (Å²) in [5.74, 6) is 0.506. The molecule has 0 unspecified atom stereocenters. The van der Waals surface area contributed by atoms with E-state index in [1.165, 1.54) is 6.08 Å². The van der Waals surface area contributed by atoms with Gasteiger partial charge in [-0.1, -0.05) is 6.07 Å². The molecular weight excluding hydrogens is 326 g/mol. The first-order chi connectivity index (χ1) is 11.5. The predicted octanol–water partition coefficient (Wildman–Crippen LogP) is 0.863. The standard InChI is InChI=1S/C17H23N3O3S/c21-17(4-3-14-2-1-8-18-12-14)19-15-5-9-20(10-6-15)16-7-11-24(22,23)13-16/h1-4,8,12,15-16H,5-7,9-11,13H2,(H,19,21)/b4-3+/t16-/m1/s1. The van der Waals surface area contributed by atoms with Gasteiger partial charge >= 0.3 is 0 Å². The minimum Gasteiger partial charge on any atom is -0.350 e. The number of hydrogen-bond acceptors (Lipinski definition) is 5. The summed E-state index contributed by atoms with van der Waals surface area (Å²) < 4.78 is 23.2. The fourth-order valence-electron chi connectivity index (χ4n) is 3.37. The first kappa shape index (κ1) is 17.1. The molecule has 2 fully saturated rings. The maximum Gasteiger partial charge on any atom is 0.244 e. The molecule has 1 aromatic heterocycles. The Balaban J connectivity index is 1.44. The Morgan fingerprint density at radius 3 is 2.71 bits per heavy atom. The van der Waals surface area contributed by atoms with Crippen molar-refractivity contribution >= 4 is 21.8 Å². The quantitative estimate of drug-likeness (QED) is 0.816. The number of nitrogens with one attached hydrogen (secondary N) is 1. The molecule has 2 aliphatic heterocycles. The van der Waals surface area contributed by atoms with Crippen LogP contribution in [0.25, 0.3) is 6.08 Å². The lowest BCUT2D eigenvalue weighted by Crippen LogP contribution is -2.48. The summed E-state index contributed by atoms with van der Waals surface area (Å²) in [5.41, 5.74) is 0.893. The third-order valence-electron chi connectivity index (χ3n) is 4.71. The highest BCUT2D eigenvalue weighted by Crippen LogP contribution is 2.21. The van der Waals surface area contributed by atoms with E-state index in [0.29, 0.717) is 5.75 Å². The number of piperidine rings is 1. The zero-order valence-electron chi connectivity index (χ0n) is 13.6. The van der Waals surface area contributed by atoms with Crippen molar-refractivity contribution in [2.45, 2.75) is 31.3 Å². The Bertz CT molecular complexity index is 695. The monoisotopic (exact) mass is 349 g/mol. The Hall–Kier alpha value is -1.73. The average molecular weight is 349 g/mol. The highest BCUT2D eigenvalue weighted by Gasteiger charge is 2.34. The summed E-state index contributed by atoms with van der Waals surface area (Å²) in [7, 11) is -2.84. The van der Waals surface area contributed by atoms with E-state index in [1.54, 1.807) is 18.5 Å². The van der Waals surface area contributed by atoms with Crippen LogP contribution >= 0.6 is 0 Å². The number of nitrogens with zero attached hydrogens (tertiary/aromatic N) is 2. The van der Waals surface area contributed by atoms with E-state index in [-0.39, 0.29) is 23.7 Å². The van der Waals surface area contributed by atoms with Crippen molar-refractivity contribution in [1.82, 2.24) is 15.2 Å². The molecule has 1 atom stereocenters. The highest BCUT2D eigenvalue weighted by atomic mass is 32.2. The molecule has 130 valence electrons. The van der Waals surface area contributed by atoms with Crippen LogP contribution in [0.1, 0.15) is 24.8 Å². The molecule has 1 amide bonds. The first-order valence-electron chi connectivity index (χ1n) is 8.35. The van der Waals surface area contributed by atoms with Crippen LogP contribution in [0.4, 0.5) is 0 Å². The topological polar surface area (TPSA) is 79.4 Å². The Morgan fingerprint density at radius 1 is 1.29 bits per heavy atom. The van der Waals surface area contributed by atoms with Gasteiger partial charge in [-0.25, -0.2) is 8.42 Å². The Kier molecular flexibility index (Phi) is 5.30. The van der Waals surface area contributed by atoms with Crippen molar-refractivity contribution < 1.29 is 13.2 Å². The summed E-state index contributed by atoms with van der Waals surface area (Å²) in [6.07, 6.45) is 9.16. The summed E-state index contributed by atoms with van der Waals surface area (Å²) in [4.78, 5) is 18.3. The number of carbonyl (C=O) groups is 1. The zero-order chi connectivity index (χ0) is 17.0. The van der Waals surface area contributed by atoms with Crippen LogP contribution in [-0.4, -0.2) is 60.9 Å². The number of pyridine rings is 1. The van der Waals surface area contributed by atoms with Gasteiger partial charge in [0.15, 0.2) is 9.84 Å². The fourth-order valence-corrected chi connectivity index (χ4v) is 5.13. The van der Waals surface area contributed by atoms with Crippen LogP contribution in [0.5, 0.6) is 0 Å². The molecule has 6 nitrogen and oxygen atoms in total. The van der Waals surface area contributed by atoms with Crippen molar-refractivity contribution in [3.63, 3.8) is 0 Å². The van der Waals surface area contributed by atoms with Gasteiger partial charge in [0.2, 0.25) is 5.91 Å². The van der Waals surface area contributed by atoms with Crippen LogP contribution < -0.4 is 5.32 Å². The maximum atomic E-state index is 12.0. The van der Waals surface area contributed by atoms with Gasteiger partial charge in [-0.2, -0.15) is 0 Å². The van der Waals surface area contributed by atoms with E-state index in [0.717, 1.165) is 37.9 Å². The maximum absolute atomic E-state index is 12.0. The summed E-state index contributed by atoms with van der Waals surface area (Å²) >= 11 is 0. The zero-order valence-corrected chi connectivity index (χ0v) is 14.4. The number of likely N-dealkylation sites (tertiary alicyclic amines) is 1. The van der Waals surface area contributed by atoms with Gasteiger partial charge in [-0.05, 0) is 37.0 Å². The summed E-state index contributed by atoms with van der Waals surface area (Å²) in [6.45, 7) is 1.69. The fraction of sp³-hybridized carbons (Fsp3) is 0.529. The second-order valence-corrected chi connectivity index (χ2v) is 8.72. The molecule has 2 aliphatic rings. The Labute approximate surface area is 142 Å². The molecule has 0 bridgehead atoms. The number of sulfone groups is 1. The van der Waals surface area contributed by atoms with E-state index >= 15 is 0 Å². The molecule has 7 heteroatoms. The second kappa shape index (κ2) is 7.44. The normalized spacial score (nSPS) is 25.1. The van der Waals surface area contributed by atoms with Gasteiger partial charge in [0, 0.05) is 43.6 Å². The van der Waals surface area contributed by atoms with Crippen LogP contribution in [0.3, 0.4) is 0 Å². The average Bonchev–Trinajstić information content (AvgIpc) is 2.95. The molecule has 1 aromatic rings. The third-order valence-corrected chi connectivity index (χ3v) is 6.46. The van der Waals surface area contributed by atoms with Gasteiger partial charge in [-0.3, -0.25) is 14.7 Å². The van der Waals surface area contributed by atoms with E-state index in [9.17, 15) is 13.2 Å². The lowest BCUT2D eigenvalue weighted by atomic mass is 10.0. The van der Waals surface area contributed by atoms with Gasteiger partial charge in [-0.15, -0.1) is 0 Å². The van der Waals surface area contributed by atoms with Crippen molar-refractivity contribution in [2.75, 3.05) is 24.6 Å². The van der Waals surface area contributed by atoms with E-state index < -0.39 is 9.84 Å². The lowest BCUT2D eigenvalue weighted by molar-refractivity contribution is -0.117. The summed E-state index contributed by atoms with van der Waals surface area (Å²) in [5, 5.41) is 3.03. The SMILES string of the molecule is O=C(/C=C/c1cccnc1)NC1CCN([C@@H]2CCS(=O)(=O)C2)CC1. The van der Waals surface area contributed by atoms with Crippen molar-refractivity contribution in [3.05, 3.63) is 36.2 Å². The van der Waals surface area contributed by atoms with E-state index in [2.05, 4.69) is 15.2 Å². The number of amides is 1. The molecule has 3 rings (SSSR count). The van der Waals surface area contributed by atoms with Crippen molar-refractivity contribution in [1.29, 1.82) is 0 Å². The van der Waals surface area contributed by atoms with Crippen molar-refractivity contribution in [3.8, 4) is 0 Å². The Morgan fingerprint density at radius 2 is 2.08 bits per heavy atom. The van der Waals surface area contributed by atoms with Gasteiger partial charge in [0.1, 0.15) is 0 Å². The number of rotatable bonds is 4. The largest absolute Gasteiger partial charge is 0.350 e. The van der Waals surface area contributed by atoms with Crippen LogP contribution in [0, 0.1) is 0 Å². The summed E-state index contributed by atoms with van der Waals surface area (Å²) in [6, 6.07) is 4.05. The molecule has 1 N–H and O–H groups in total. The molecule has 3 heterocycles. The number of carbonyl (C=O) groups excluding carboxylic acids is 1. The second-order valence-electron chi connectivity index (χ2n) is 6.50. The van der Waals surface area contributed by atoms with Crippen LogP contribution in [0.15, 0.2) is 30.6 Å². The van der Waals surface area contributed by atoms with Crippen molar-refractivity contribution in [2.24, 2.45) is 0 Å². The van der Waals surface area contributed by atoms with Gasteiger partial charge in [0.05, 0.1) is 11.5 Å². The molecule has 0 saturated carbocycles. The molecule has 2 saturated heterocycles. The first-order valence-corrected chi connectivity index (χ1v) is 10.2. The minimum absolute atomic E-state index is 0.0965. The van der Waals surface area contributed by atoms with E-state index in [4.69, 9.17) is 0 Å². The molecule has 0 aliphatic carbocycles. The molecule has 0 aromatic carbocycles. The van der Waals surface area contributed by atoms with Gasteiger partial charge < -0.3 is 5.32 Å². The lowest BCUT2D eigenvalue weighted by Gasteiger charge is -2.35. The number of aromatic nitrogens is 1. The molecule has 24 heavy (non-hydrogen) atoms. The molecule has 0 radical (unpaired) electrons. The molecule has 0 spiro atoms. The highest BCUT2D eigenvalue weighted by molar-refractivity contribution is 7.91. The molecular formula is C17H23N3O3S. The van der Waals surface area contributed by atoms with Crippen LogP contribution in [-0.2, 0) is 14.6 Å². The van der Waals surface area contributed by atoms with E-state index in [1.807, 2.05) is 12.1 Å². The van der Waals surface area contributed by atoms with Crippen LogP contribution in [0.2, 0.25) is 0 Å². The number of hydrogen-bond donors (Lipinski definition) is 1. The smallest absolute Gasteiger partial charge is 0.244 e. The third kappa shape index (κ3) is 4.64. The minimum atomic E-state index is -2.84.